The van der Waals surface area contributed by atoms with Crippen molar-refractivity contribution in [3.05, 3.63) is 30.4 Å². The van der Waals surface area contributed by atoms with Crippen molar-refractivity contribution in [2.24, 2.45) is 17.1 Å². The molecule has 6 rings (SSSR count). The molecule has 0 radical (unpaired) electrons. The van der Waals surface area contributed by atoms with E-state index in [1.54, 1.807) is 21.8 Å². The molecule has 3 N–H and O–H groups in total. The number of fused-ring (bicyclic) bond motifs is 1. The van der Waals surface area contributed by atoms with Gasteiger partial charge in [-0.1, -0.05) is 6.92 Å². The van der Waals surface area contributed by atoms with Crippen molar-refractivity contribution in [2.75, 3.05) is 18.4 Å². The summed E-state index contributed by atoms with van der Waals surface area (Å²) in [6.45, 7) is 3.04. The second-order valence-electron chi connectivity index (χ2n) is 9.76. The first-order chi connectivity index (χ1) is 16.4. The molecule has 34 heavy (non-hydrogen) atoms. The summed E-state index contributed by atoms with van der Waals surface area (Å²) in [5.74, 6) is -0.598. The number of amides is 2. The van der Waals surface area contributed by atoms with E-state index in [9.17, 15) is 14.9 Å². The topological polar surface area (TPSA) is 147 Å². The molecule has 3 aromatic heterocycles. The SMILES string of the molecule is C[C@H]1CN(C(=O)C2(C#N)CC2)C[C@H]1Nc1c(C(N)=O)cnn2cc(-c3cnn(C4CC4)c3)nc12. The van der Waals surface area contributed by atoms with Crippen LogP contribution in [-0.4, -0.2) is 60.2 Å². The number of carbonyl (C=O) groups is 2. The zero-order valence-corrected chi connectivity index (χ0v) is 18.8. The Hall–Kier alpha value is -3.94. The van der Waals surface area contributed by atoms with Crippen LogP contribution in [0.2, 0.25) is 0 Å². The zero-order valence-electron chi connectivity index (χ0n) is 18.8. The quantitative estimate of drug-likeness (QED) is 0.569. The number of nitrogens with one attached hydrogen (secondary N) is 1. The lowest BCUT2D eigenvalue weighted by molar-refractivity contribution is -0.134. The van der Waals surface area contributed by atoms with E-state index in [0.717, 1.165) is 18.4 Å². The molecule has 1 saturated heterocycles. The molecule has 4 heterocycles. The second-order valence-corrected chi connectivity index (χ2v) is 9.76. The van der Waals surface area contributed by atoms with Crippen LogP contribution in [0.25, 0.3) is 16.9 Å². The van der Waals surface area contributed by atoms with E-state index in [-0.39, 0.29) is 23.4 Å². The van der Waals surface area contributed by atoms with Gasteiger partial charge in [-0.2, -0.15) is 15.5 Å². The lowest BCUT2D eigenvalue weighted by Gasteiger charge is -2.21. The third kappa shape index (κ3) is 3.29. The van der Waals surface area contributed by atoms with Crippen LogP contribution < -0.4 is 11.1 Å². The Morgan fingerprint density at radius 1 is 1.21 bits per heavy atom. The molecule has 0 spiro atoms. The van der Waals surface area contributed by atoms with E-state index in [1.165, 1.54) is 6.20 Å². The van der Waals surface area contributed by atoms with Crippen LogP contribution in [0.3, 0.4) is 0 Å². The van der Waals surface area contributed by atoms with Gasteiger partial charge in [-0.3, -0.25) is 14.3 Å². The molecule has 0 unspecified atom stereocenters. The zero-order chi connectivity index (χ0) is 23.6. The van der Waals surface area contributed by atoms with Gasteiger partial charge < -0.3 is 16.0 Å². The third-order valence-electron chi connectivity index (χ3n) is 7.18. The van der Waals surface area contributed by atoms with Crippen molar-refractivity contribution >= 4 is 23.1 Å². The first kappa shape index (κ1) is 20.7. The van der Waals surface area contributed by atoms with Gasteiger partial charge in [0.1, 0.15) is 5.41 Å². The first-order valence-corrected chi connectivity index (χ1v) is 11.6. The highest BCUT2D eigenvalue weighted by Gasteiger charge is 2.54. The number of aromatic nitrogens is 5. The Bertz CT molecular complexity index is 1360. The molecule has 0 aromatic carbocycles. The van der Waals surface area contributed by atoms with Crippen molar-refractivity contribution in [2.45, 2.75) is 44.7 Å². The van der Waals surface area contributed by atoms with Crippen LogP contribution in [0.5, 0.6) is 0 Å². The van der Waals surface area contributed by atoms with Gasteiger partial charge in [0.2, 0.25) is 5.91 Å². The van der Waals surface area contributed by atoms with Crippen molar-refractivity contribution in [1.82, 2.24) is 29.3 Å². The number of hydrogen-bond donors (Lipinski definition) is 2. The summed E-state index contributed by atoms with van der Waals surface area (Å²) in [5, 5.41) is 21.6. The molecule has 11 nitrogen and oxygen atoms in total. The Balaban J connectivity index is 1.32. The van der Waals surface area contributed by atoms with Crippen LogP contribution in [0.1, 0.15) is 49.0 Å². The van der Waals surface area contributed by atoms with E-state index < -0.39 is 11.3 Å². The highest BCUT2D eigenvalue weighted by Crippen LogP contribution is 2.47. The predicted molar refractivity (Wildman–Crippen MR) is 121 cm³/mol. The first-order valence-electron chi connectivity index (χ1n) is 11.6. The summed E-state index contributed by atoms with van der Waals surface area (Å²) in [5.41, 5.74) is 7.62. The monoisotopic (exact) mass is 459 g/mol. The fourth-order valence-corrected chi connectivity index (χ4v) is 4.72. The van der Waals surface area contributed by atoms with Gasteiger partial charge in [0.15, 0.2) is 5.65 Å². The third-order valence-corrected chi connectivity index (χ3v) is 7.18. The van der Waals surface area contributed by atoms with E-state index in [0.29, 0.717) is 49.0 Å². The lowest BCUT2D eigenvalue weighted by Crippen LogP contribution is -2.36. The van der Waals surface area contributed by atoms with Gasteiger partial charge in [-0.05, 0) is 31.6 Å². The van der Waals surface area contributed by atoms with Gasteiger partial charge in [0.05, 0.1) is 47.6 Å². The van der Waals surface area contributed by atoms with Crippen molar-refractivity contribution in [3.63, 3.8) is 0 Å². The fourth-order valence-electron chi connectivity index (χ4n) is 4.72. The van der Waals surface area contributed by atoms with Crippen LogP contribution in [0, 0.1) is 22.7 Å². The molecule has 3 aliphatic rings. The summed E-state index contributed by atoms with van der Waals surface area (Å²) in [7, 11) is 0. The number of rotatable bonds is 6. The molecule has 0 bridgehead atoms. The molecule has 2 saturated carbocycles. The Kier molecular flexibility index (Phi) is 4.42. The van der Waals surface area contributed by atoms with Crippen LogP contribution in [0.4, 0.5) is 5.69 Å². The van der Waals surface area contributed by atoms with E-state index >= 15 is 0 Å². The number of nitrogens with two attached hydrogens (primary N) is 1. The molecule has 2 aliphatic carbocycles. The van der Waals surface area contributed by atoms with Crippen LogP contribution >= 0.6 is 0 Å². The lowest BCUT2D eigenvalue weighted by atomic mass is 10.1. The van der Waals surface area contributed by atoms with Crippen LogP contribution in [-0.2, 0) is 4.79 Å². The van der Waals surface area contributed by atoms with Gasteiger partial charge in [0.25, 0.3) is 5.91 Å². The summed E-state index contributed by atoms with van der Waals surface area (Å²) >= 11 is 0. The van der Waals surface area contributed by atoms with Gasteiger partial charge in [-0.15, -0.1) is 0 Å². The van der Waals surface area contributed by atoms with Crippen molar-refractivity contribution < 1.29 is 9.59 Å². The molecular weight excluding hydrogens is 434 g/mol. The van der Waals surface area contributed by atoms with Gasteiger partial charge in [-0.25, -0.2) is 9.50 Å². The number of anilines is 1. The fraction of sp³-hybridized carbons (Fsp3) is 0.478. The molecule has 3 aromatic rings. The highest BCUT2D eigenvalue weighted by atomic mass is 16.2. The molecule has 11 heteroatoms. The molecular formula is C23H25N9O2. The normalized spacial score (nSPS) is 23.1. The summed E-state index contributed by atoms with van der Waals surface area (Å²) in [4.78, 5) is 31.6. The summed E-state index contributed by atoms with van der Waals surface area (Å²) in [6, 6.07) is 2.53. The molecule has 1 aliphatic heterocycles. The van der Waals surface area contributed by atoms with Crippen LogP contribution in [0.15, 0.2) is 24.8 Å². The Morgan fingerprint density at radius 2 is 2.00 bits per heavy atom. The maximum atomic E-state index is 12.9. The molecule has 2 amide bonds. The van der Waals surface area contributed by atoms with Crippen molar-refractivity contribution in [1.29, 1.82) is 5.26 Å². The number of nitrogens with zero attached hydrogens (tertiary/aromatic N) is 7. The molecule has 3 fully saturated rings. The summed E-state index contributed by atoms with van der Waals surface area (Å²) < 4.78 is 3.58. The number of imidazole rings is 1. The Labute approximate surface area is 195 Å². The minimum Gasteiger partial charge on any atom is -0.376 e. The molecule has 2 atom stereocenters. The van der Waals surface area contributed by atoms with E-state index in [2.05, 4.69) is 21.6 Å². The number of likely N-dealkylation sites (tertiary alicyclic amines) is 1. The average molecular weight is 460 g/mol. The predicted octanol–water partition coefficient (Wildman–Crippen LogP) is 1.59. The molecule has 174 valence electrons. The maximum absolute atomic E-state index is 12.9. The standard InChI is InChI=1S/C23H25N9O2/c1-13-8-30(22(34)23(12-24)4-5-23)10-17(13)28-19-16(20(25)33)7-27-32-11-18(29-21(19)32)14-6-26-31(9-14)15-2-3-15/h6-7,9,11,13,15,17,28H,2-5,8,10H2,1H3,(H2,25,33)/t13-,17+/m0/s1. The van der Waals surface area contributed by atoms with E-state index in [1.807, 2.05) is 17.8 Å². The minimum absolute atomic E-state index is 0.100. The smallest absolute Gasteiger partial charge is 0.252 e. The number of primary amides is 1. The van der Waals surface area contributed by atoms with Gasteiger partial charge >= 0.3 is 0 Å². The number of hydrogen-bond acceptors (Lipinski definition) is 7. The number of carbonyl (C=O) groups excluding carboxylic acids is 2. The summed E-state index contributed by atoms with van der Waals surface area (Å²) in [6.07, 6.45) is 10.5. The second kappa shape index (κ2) is 7.28. The largest absolute Gasteiger partial charge is 0.376 e. The average Bonchev–Trinajstić information content (AvgIpc) is 3.69. The van der Waals surface area contributed by atoms with Gasteiger partial charge in [0, 0.05) is 30.9 Å². The highest BCUT2D eigenvalue weighted by molar-refractivity contribution is 6.01. The maximum Gasteiger partial charge on any atom is 0.252 e. The number of nitriles is 1. The van der Waals surface area contributed by atoms with Crippen molar-refractivity contribution in [3.8, 4) is 17.3 Å². The minimum atomic E-state index is -0.847. The Morgan fingerprint density at radius 3 is 2.68 bits per heavy atom. The van der Waals surface area contributed by atoms with E-state index in [4.69, 9.17) is 10.7 Å².